The Kier molecular flexibility index (Phi) is 5.82. The van der Waals surface area contributed by atoms with Gasteiger partial charge in [-0.2, -0.15) is 5.10 Å². The second-order valence-electron chi connectivity index (χ2n) is 8.95. The van der Waals surface area contributed by atoms with Crippen molar-refractivity contribution in [2.75, 3.05) is 0 Å². The molecule has 7 nitrogen and oxygen atoms in total. The molecule has 0 saturated heterocycles. The number of hydrogen-bond donors (Lipinski definition) is 2. The summed E-state index contributed by atoms with van der Waals surface area (Å²) in [5.41, 5.74) is -0.100. The van der Waals surface area contributed by atoms with Crippen LogP contribution in [0, 0.1) is 11.8 Å². The molecule has 2 unspecified atom stereocenters. The first-order chi connectivity index (χ1) is 13.1. The summed E-state index contributed by atoms with van der Waals surface area (Å²) in [4.78, 5) is 24.3. The van der Waals surface area contributed by atoms with Crippen LogP contribution in [0.1, 0.15) is 70.7 Å². The minimum atomic E-state index is -0.543. The molecule has 2 aliphatic rings. The maximum atomic E-state index is 12.9. The lowest BCUT2D eigenvalue weighted by atomic mass is 9.95. The quantitative estimate of drug-likeness (QED) is 0.752. The van der Waals surface area contributed by atoms with E-state index in [1.54, 1.807) is 17.1 Å². The summed E-state index contributed by atoms with van der Waals surface area (Å²) in [5.74, 6) is 1.55. The third-order valence-electron chi connectivity index (χ3n) is 5.53. The lowest BCUT2D eigenvalue weighted by molar-refractivity contribution is -0.120. The SMILES string of the molecule is CC(=O)NC(C)(C)/C=C/n1ncc(C(=O)N[C@H]2CC3CCC2C3)c1OC(C)C. The molecular weight excluding hydrogens is 356 g/mol. The Balaban J connectivity index is 1.77. The van der Waals surface area contributed by atoms with Gasteiger partial charge in [0, 0.05) is 19.2 Å². The molecule has 0 radical (unpaired) electrons. The number of carbonyl (C=O) groups is 2. The summed E-state index contributed by atoms with van der Waals surface area (Å²) in [6.07, 6.45) is 9.83. The highest BCUT2D eigenvalue weighted by atomic mass is 16.5. The summed E-state index contributed by atoms with van der Waals surface area (Å²) < 4.78 is 7.47. The van der Waals surface area contributed by atoms with Gasteiger partial charge in [0.2, 0.25) is 11.8 Å². The summed E-state index contributed by atoms with van der Waals surface area (Å²) in [7, 11) is 0. The Bertz CT molecular complexity index is 766. The monoisotopic (exact) mass is 388 g/mol. The Morgan fingerprint density at radius 2 is 2.07 bits per heavy atom. The van der Waals surface area contributed by atoms with Crippen molar-refractivity contribution in [3.8, 4) is 5.88 Å². The van der Waals surface area contributed by atoms with Crippen molar-refractivity contribution in [3.63, 3.8) is 0 Å². The van der Waals surface area contributed by atoms with Crippen LogP contribution in [-0.2, 0) is 4.79 Å². The van der Waals surface area contributed by atoms with E-state index < -0.39 is 5.54 Å². The van der Waals surface area contributed by atoms with Gasteiger partial charge in [0.25, 0.3) is 5.91 Å². The predicted molar refractivity (Wildman–Crippen MR) is 108 cm³/mol. The Morgan fingerprint density at radius 1 is 1.32 bits per heavy atom. The normalized spacial score (nSPS) is 24.1. The average Bonchev–Trinajstić information content (AvgIpc) is 3.27. The first-order valence-electron chi connectivity index (χ1n) is 10.2. The van der Waals surface area contributed by atoms with Crippen molar-refractivity contribution in [1.82, 2.24) is 20.4 Å². The van der Waals surface area contributed by atoms with E-state index in [0.29, 0.717) is 17.4 Å². The largest absolute Gasteiger partial charge is 0.474 e. The number of ether oxygens (including phenoxy) is 1. The third-order valence-corrected chi connectivity index (χ3v) is 5.53. The minimum absolute atomic E-state index is 0.0961. The zero-order valence-corrected chi connectivity index (χ0v) is 17.5. The van der Waals surface area contributed by atoms with Crippen LogP contribution in [0.2, 0.25) is 0 Å². The van der Waals surface area contributed by atoms with E-state index in [4.69, 9.17) is 4.74 Å². The molecule has 0 spiro atoms. The van der Waals surface area contributed by atoms with E-state index in [2.05, 4.69) is 15.7 Å². The maximum Gasteiger partial charge on any atom is 0.258 e. The second-order valence-corrected chi connectivity index (χ2v) is 8.95. The summed E-state index contributed by atoms with van der Waals surface area (Å²) in [5, 5.41) is 10.4. The van der Waals surface area contributed by atoms with Crippen LogP contribution < -0.4 is 15.4 Å². The van der Waals surface area contributed by atoms with Gasteiger partial charge < -0.3 is 15.4 Å². The maximum absolute atomic E-state index is 12.9. The van der Waals surface area contributed by atoms with Gasteiger partial charge in [-0.25, -0.2) is 4.68 Å². The second kappa shape index (κ2) is 7.97. The summed E-state index contributed by atoms with van der Waals surface area (Å²) >= 11 is 0. The number of nitrogens with one attached hydrogen (secondary N) is 2. The van der Waals surface area contributed by atoms with Crippen LogP contribution in [0.3, 0.4) is 0 Å². The van der Waals surface area contributed by atoms with Crippen molar-refractivity contribution in [2.45, 2.75) is 78.0 Å². The molecule has 1 heterocycles. The molecule has 3 rings (SSSR count). The molecule has 1 aromatic heterocycles. The zero-order valence-electron chi connectivity index (χ0n) is 17.5. The van der Waals surface area contributed by atoms with Gasteiger partial charge in [0.15, 0.2) is 0 Å². The van der Waals surface area contributed by atoms with Crippen molar-refractivity contribution < 1.29 is 14.3 Å². The van der Waals surface area contributed by atoms with E-state index in [-0.39, 0.29) is 24.0 Å². The van der Waals surface area contributed by atoms with Crippen LogP contribution in [0.5, 0.6) is 5.88 Å². The molecule has 2 aliphatic carbocycles. The van der Waals surface area contributed by atoms with Crippen LogP contribution in [-0.4, -0.2) is 39.3 Å². The fourth-order valence-corrected chi connectivity index (χ4v) is 4.37. The van der Waals surface area contributed by atoms with Crippen molar-refractivity contribution in [2.24, 2.45) is 11.8 Å². The standard InChI is InChI=1S/C21H32N4O3/c1-13(2)28-20-17(19(27)23-18-11-15-6-7-16(18)10-15)12-22-25(20)9-8-21(4,5)24-14(3)26/h8-9,12-13,15-16,18H,6-7,10-11H2,1-5H3,(H,23,27)(H,24,26)/b9-8+/t15?,16?,18-/m0/s1. The number of nitrogens with zero attached hydrogens (tertiary/aromatic N) is 2. The molecule has 28 heavy (non-hydrogen) atoms. The van der Waals surface area contributed by atoms with E-state index in [0.717, 1.165) is 12.3 Å². The molecule has 2 amide bonds. The molecule has 1 aromatic rings. The highest BCUT2D eigenvalue weighted by molar-refractivity contribution is 5.96. The molecule has 3 atom stereocenters. The summed E-state index contributed by atoms with van der Waals surface area (Å²) in [6, 6.07) is 0.260. The highest BCUT2D eigenvalue weighted by Gasteiger charge is 2.40. The number of hydrogen-bond acceptors (Lipinski definition) is 4. The van der Waals surface area contributed by atoms with E-state index >= 15 is 0 Å². The third kappa shape index (κ3) is 4.75. The first-order valence-corrected chi connectivity index (χ1v) is 10.2. The van der Waals surface area contributed by atoms with Gasteiger partial charge in [0.1, 0.15) is 5.56 Å². The molecular formula is C21H32N4O3. The van der Waals surface area contributed by atoms with Gasteiger partial charge >= 0.3 is 0 Å². The van der Waals surface area contributed by atoms with Gasteiger partial charge in [-0.3, -0.25) is 9.59 Å². The zero-order chi connectivity index (χ0) is 20.5. The fourth-order valence-electron chi connectivity index (χ4n) is 4.37. The van der Waals surface area contributed by atoms with Crippen LogP contribution in [0.4, 0.5) is 0 Å². The van der Waals surface area contributed by atoms with Gasteiger partial charge in [-0.15, -0.1) is 0 Å². The molecule has 0 aromatic carbocycles. The smallest absolute Gasteiger partial charge is 0.258 e. The Labute approximate surface area is 166 Å². The molecule has 2 bridgehead atoms. The molecule has 154 valence electrons. The molecule has 2 fully saturated rings. The average molecular weight is 389 g/mol. The van der Waals surface area contributed by atoms with Crippen molar-refractivity contribution in [3.05, 3.63) is 17.8 Å². The van der Waals surface area contributed by atoms with Crippen molar-refractivity contribution in [1.29, 1.82) is 0 Å². The number of carbonyl (C=O) groups excluding carboxylic acids is 2. The summed E-state index contributed by atoms with van der Waals surface area (Å²) in [6.45, 7) is 9.09. The lowest BCUT2D eigenvalue weighted by Crippen LogP contribution is -2.40. The van der Waals surface area contributed by atoms with Crippen molar-refractivity contribution >= 4 is 18.0 Å². The van der Waals surface area contributed by atoms with Crippen LogP contribution >= 0.6 is 0 Å². The highest BCUT2D eigenvalue weighted by Crippen LogP contribution is 2.44. The van der Waals surface area contributed by atoms with Gasteiger partial charge in [-0.1, -0.05) is 6.42 Å². The molecule has 7 heteroatoms. The van der Waals surface area contributed by atoms with Gasteiger partial charge in [-0.05, 0) is 64.9 Å². The van der Waals surface area contributed by atoms with E-state index in [1.807, 2.05) is 33.8 Å². The number of aromatic nitrogens is 2. The predicted octanol–water partition coefficient (Wildman–Crippen LogP) is 2.97. The fraction of sp³-hybridized carbons (Fsp3) is 0.667. The molecule has 2 N–H and O–H groups in total. The Hall–Kier alpha value is -2.31. The lowest BCUT2D eigenvalue weighted by Gasteiger charge is -2.23. The number of fused-ring (bicyclic) bond motifs is 2. The minimum Gasteiger partial charge on any atom is -0.474 e. The molecule has 2 saturated carbocycles. The van der Waals surface area contributed by atoms with E-state index in [1.165, 1.54) is 26.2 Å². The van der Waals surface area contributed by atoms with Crippen LogP contribution in [0.25, 0.3) is 6.20 Å². The Morgan fingerprint density at radius 3 is 2.64 bits per heavy atom. The number of rotatable bonds is 7. The number of amides is 2. The van der Waals surface area contributed by atoms with E-state index in [9.17, 15) is 9.59 Å². The first kappa shape index (κ1) is 20.4. The topological polar surface area (TPSA) is 85.2 Å². The molecule has 0 aliphatic heterocycles. The van der Waals surface area contributed by atoms with Gasteiger partial charge in [0.05, 0.1) is 17.8 Å². The van der Waals surface area contributed by atoms with Crippen LogP contribution in [0.15, 0.2) is 12.3 Å².